The summed E-state index contributed by atoms with van der Waals surface area (Å²) in [6.07, 6.45) is 0.506. The summed E-state index contributed by atoms with van der Waals surface area (Å²) in [6, 6.07) is 10.8. The number of sulfonamides is 1. The molecule has 2 heterocycles. The number of hydrogen-bond donors (Lipinski definition) is 3. The Morgan fingerprint density at radius 1 is 1.32 bits per heavy atom. The Kier molecular flexibility index (Phi) is 5.84. The molecule has 0 radical (unpaired) electrons. The van der Waals surface area contributed by atoms with Gasteiger partial charge in [0.2, 0.25) is 10.0 Å². The molecule has 4 N–H and O–H groups in total. The van der Waals surface area contributed by atoms with Gasteiger partial charge in [-0.2, -0.15) is 0 Å². The fourth-order valence-electron chi connectivity index (χ4n) is 2.50. The second kappa shape index (κ2) is 8.15. The van der Waals surface area contributed by atoms with Gasteiger partial charge < -0.3 is 20.0 Å². The lowest BCUT2D eigenvalue weighted by Crippen LogP contribution is -2.28. The summed E-state index contributed by atoms with van der Waals surface area (Å²) < 4.78 is 37.7. The SMILES string of the molecule is COc1ccc(S(=O)(=O)NCC(O)c2ccc(-c3ccco3)s2)cc1C(N)=O. The number of aliphatic hydroxyl groups excluding tert-OH is 1. The number of amides is 1. The maximum Gasteiger partial charge on any atom is 0.252 e. The standard InChI is InChI=1S/C18H18N2O6S2/c1-25-14-5-4-11(9-12(14)18(19)22)28(23,24)20-10-13(21)16-6-7-17(27-16)15-3-2-8-26-15/h2-9,13,20-21H,10H2,1H3,(H2,19,22). The highest BCUT2D eigenvalue weighted by Gasteiger charge is 2.21. The Bertz CT molecular complexity index is 1070. The zero-order valence-electron chi connectivity index (χ0n) is 14.8. The highest BCUT2D eigenvalue weighted by Crippen LogP contribution is 2.31. The molecule has 1 aromatic carbocycles. The van der Waals surface area contributed by atoms with Crippen LogP contribution < -0.4 is 15.2 Å². The second-order valence-electron chi connectivity index (χ2n) is 5.77. The summed E-state index contributed by atoms with van der Waals surface area (Å²) in [5.41, 5.74) is 5.21. The zero-order valence-corrected chi connectivity index (χ0v) is 16.4. The summed E-state index contributed by atoms with van der Waals surface area (Å²) in [5, 5.41) is 10.3. The Morgan fingerprint density at radius 2 is 2.11 bits per heavy atom. The van der Waals surface area contributed by atoms with Crippen LogP contribution in [-0.4, -0.2) is 33.1 Å². The molecule has 0 saturated carbocycles. The fraction of sp³-hybridized carbons (Fsp3) is 0.167. The molecule has 0 aliphatic rings. The Labute approximate surface area is 165 Å². The van der Waals surface area contributed by atoms with Crippen LogP contribution in [0.15, 0.2) is 58.0 Å². The third kappa shape index (κ3) is 4.25. The number of hydrogen-bond acceptors (Lipinski definition) is 7. The van der Waals surface area contributed by atoms with Gasteiger partial charge in [-0.3, -0.25) is 4.79 Å². The minimum Gasteiger partial charge on any atom is -0.496 e. The number of aliphatic hydroxyl groups is 1. The average Bonchev–Trinajstić information content (AvgIpc) is 3.36. The lowest BCUT2D eigenvalue weighted by atomic mass is 10.2. The largest absolute Gasteiger partial charge is 0.496 e. The lowest BCUT2D eigenvalue weighted by molar-refractivity contribution is 0.0997. The van der Waals surface area contributed by atoms with Crippen molar-refractivity contribution in [3.63, 3.8) is 0 Å². The van der Waals surface area contributed by atoms with Crippen LogP contribution in [0.3, 0.4) is 0 Å². The highest BCUT2D eigenvalue weighted by atomic mass is 32.2. The molecule has 1 atom stereocenters. The van der Waals surface area contributed by atoms with E-state index in [0.29, 0.717) is 10.6 Å². The van der Waals surface area contributed by atoms with E-state index in [4.69, 9.17) is 14.9 Å². The van der Waals surface area contributed by atoms with Gasteiger partial charge in [0, 0.05) is 11.4 Å². The van der Waals surface area contributed by atoms with Gasteiger partial charge in [0.15, 0.2) is 0 Å². The van der Waals surface area contributed by atoms with E-state index < -0.39 is 22.0 Å². The van der Waals surface area contributed by atoms with Crippen molar-refractivity contribution in [2.45, 2.75) is 11.0 Å². The van der Waals surface area contributed by atoms with Crippen LogP contribution in [0.5, 0.6) is 5.75 Å². The van der Waals surface area contributed by atoms with Crippen LogP contribution in [-0.2, 0) is 10.0 Å². The number of benzene rings is 1. The third-order valence-corrected chi connectivity index (χ3v) is 6.55. The van der Waals surface area contributed by atoms with Crippen LogP contribution in [0.25, 0.3) is 10.6 Å². The van der Waals surface area contributed by atoms with Crippen molar-refractivity contribution in [1.29, 1.82) is 0 Å². The number of nitrogens with one attached hydrogen (secondary N) is 1. The second-order valence-corrected chi connectivity index (χ2v) is 8.66. The van der Waals surface area contributed by atoms with Gasteiger partial charge in [0.05, 0.1) is 28.7 Å². The van der Waals surface area contributed by atoms with Crippen molar-refractivity contribution in [2.24, 2.45) is 5.73 Å². The van der Waals surface area contributed by atoms with Crippen molar-refractivity contribution >= 4 is 27.3 Å². The molecule has 1 amide bonds. The van der Waals surface area contributed by atoms with Gasteiger partial charge >= 0.3 is 0 Å². The van der Waals surface area contributed by atoms with Crippen molar-refractivity contribution in [3.05, 3.63) is 59.2 Å². The van der Waals surface area contributed by atoms with Gasteiger partial charge in [-0.25, -0.2) is 13.1 Å². The van der Waals surface area contributed by atoms with Crippen molar-refractivity contribution in [2.75, 3.05) is 13.7 Å². The van der Waals surface area contributed by atoms with Gasteiger partial charge in [-0.1, -0.05) is 0 Å². The van der Waals surface area contributed by atoms with Crippen LogP contribution in [0.2, 0.25) is 0 Å². The molecule has 3 rings (SSSR count). The van der Waals surface area contributed by atoms with Crippen LogP contribution in [0.1, 0.15) is 21.3 Å². The summed E-state index contributed by atoms with van der Waals surface area (Å²) >= 11 is 1.30. The molecule has 148 valence electrons. The predicted molar refractivity (Wildman–Crippen MR) is 104 cm³/mol. The smallest absolute Gasteiger partial charge is 0.252 e. The van der Waals surface area contributed by atoms with E-state index in [-0.39, 0.29) is 22.8 Å². The van der Waals surface area contributed by atoms with Crippen molar-refractivity contribution in [3.8, 4) is 16.4 Å². The number of rotatable bonds is 8. The summed E-state index contributed by atoms with van der Waals surface area (Å²) in [5.74, 6) is 0.0368. The molecule has 0 aliphatic carbocycles. The van der Waals surface area contributed by atoms with E-state index in [1.807, 2.05) is 0 Å². The topological polar surface area (TPSA) is 132 Å². The Hall–Kier alpha value is -2.66. The van der Waals surface area contributed by atoms with Crippen LogP contribution in [0.4, 0.5) is 0 Å². The van der Waals surface area contributed by atoms with Crippen molar-refractivity contribution in [1.82, 2.24) is 4.72 Å². The summed E-state index contributed by atoms with van der Waals surface area (Å²) in [4.78, 5) is 12.7. The number of ether oxygens (including phenoxy) is 1. The molecule has 0 fully saturated rings. The highest BCUT2D eigenvalue weighted by molar-refractivity contribution is 7.89. The van der Waals surface area contributed by atoms with Crippen LogP contribution in [0, 0.1) is 0 Å². The molecule has 0 aliphatic heterocycles. The molecule has 3 aromatic rings. The number of thiophene rings is 1. The Morgan fingerprint density at radius 3 is 2.75 bits per heavy atom. The fourth-order valence-corrected chi connectivity index (χ4v) is 4.53. The van der Waals surface area contributed by atoms with E-state index >= 15 is 0 Å². The molecule has 0 bridgehead atoms. The molecule has 28 heavy (non-hydrogen) atoms. The maximum absolute atomic E-state index is 12.5. The first kappa shape index (κ1) is 20.1. The van der Waals surface area contributed by atoms with Gasteiger partial charge in [0.25, 0.3) is 5.91 Å². The van der Waals surface area contributed by atoms with Gasteiger partial charge in [-0.15, -0.1) is 11.3 Å². The number of nitrogens with two attached hydrogens (primary N) is 1. The number of carbonyl (C=O) groups excluding carboxylic acids is 1. The third-order valence-electron chi connectivity index (χ3n) is 3.93. The van der Waals surface area contributed by atoms with Gasteiger partial charge in [0.1, 0.15) is 17.6 Å². The molecule has 0 saturated heterocycles. The number of carbonyl (C=O) groups is 1. The van der Waals surface area contributed by atoms with E-state index in [2.05, 4.69) is 4.72 Å². The van der Waals surface area contributed by atoms with E-state index in [0.717, 1.165) is 10.9 Å². The molecule has 8 nitrogen and oxygen atoms in total. The molecular weight excluding hydrogens is 404 g/mol. The molecular formula is C18H18N2O6S2. The molecule has 10 heteroatoms. The minimum atomic E-state index is -3.97. The maximum atomic E-state index is 12.5. The average molecular weight is 422 g/mol. The molecule has 0 spiro atoms. The van der Waals surface area contributed by atoms with Crippen LogP contribution >= 0.6 is 11.3 Å². The first-order chi connectivity index (χ1) is 13.3. The number of methoxy groups -OCH3 is 1. The quantitative estimate of drug-likeness (QED) is 0.509. The monoisotopic (exact) mass is 422 g/mol. The summed E-state index contributed by atoms with van der Waals surface area (Å²) in [6.45, 7) is -0.238. The van der Waals surface area contributed by atoms with E-state index in [1.165, 1.54) is 30.6 Å². The number of furan rings is 1. The minimum absolute atomic E-state index is 0.0488. The first-order valence-electron chi connectivity index (χ1n) is 8.11. The first-order valence-corrected chi connectivity index (χ1v) is 10.4. The normalized spacial score (nSPS) is 12.6. The zero-order chi connectivity index (χ0) is 20.3. The van der Waals surface area contributed by atoms with Gasteiger partial charge in [-0.05, 0) is 42.5 Å². The molecule has 1 unspecified atom stereocenters. The lowest BCUT2D eigenvalue weighted by Gasteiger charge is -2.12. The van der Waals surface area contributed by atoms with E-state index in [9.17, 15) is 18.3 Å². The van der Waals surface area contributed by atoms with Crippen molar-refractivity contribution < 1.29 is 27.5 Å². The Balaban J connectivity index is 1.73. The van der Waals surface area contributed by atoms with E-state index in [1.54, 1.807) is 30.5 Å². The molecule has 2 aromatic heterocycles. The summed E-state index contributed by atoms with van der Waals surface area (Å²) in [7, 11) is -2.62. The number of primary amides is 1. The predicted octanol–water partition coefficient (Wildman–Crippen LogP) is 2.13.